The first-order chi connectivity index (χ1) is 14.1. The Labute approximate surface area is 176 Å². The molecule has 1 amide bonds. The average Bonchev–Trinajstić information content (AvgIpc) is 3.08. The molecule has 7 nitrogen and oxygen atoms in total. The number of carbonyl (C=O) groups excluding carboxylic acids is 1. The summed E-state index contributed by atoms with van der Waals surface area (Å²) >= 11 is 3.46. The number of aromatic nitrogens is 3. The van der Waals surface area contributed by atoms with Crippen molar-refractivity contribution in [3.8, 4) is 0 Å². The first kappa shape index (κ1) is 19.8. The van der Waals surface area contributed by atoms with Gasteiger partial charge in [-0.05, 0) is 49.1 Å². The van der Waals surface area contributed by atoms with Gasteiger partial charge in [-0.1, -0.05) is 34.1 Å². The summed E-state index contributed by atoms with van der Waals surface area (Å²) < 4.78 is 9.46. The third-order valence-corrected chi connectivity index (χ3v) is 6.03. The van der Waals surface area contributed by atoms with E-state index in [2.05, 4.69) is 26.3 Å². The number of hydrogen-bond acceptors (Lipinski definition) is 4. The van der Waals surface area contributed by atoms with Gasteiger partial charge in [-0.25, -0.2) is 9.48 Å². The van der Waals surface area contributed by atoms with Crippen LogP contribution in [0.2, 0.25) is 0 Å². The fourth-order valence-corrected chi connectivity index (χ4v) is 4.11. The molecule has 3 aromatic rings. The second-order valence-corrected chi connectivity index (χ2v) is 8.16. The van der Waals surface area contributed by atoms with Gasteiger partial charge >= 0.3 is 5.69 Å². The minimum absolute atomic E-state index is 0.0190. The van der Waals surface area contributed by atoms with E-state index < -0.39 is 5.41 Å². The Morgan fingerprint density at radius 2 is 1.93 bits per heavy atom. The second kappa shape index (κ2) is 8.51. The minimum Gasteiger partial charge on any atom is -0.381 e. The topological polar surface area (TPSA) is 77.6 Å². The van der Waals surface area contributed by atoms with E-state index >= 15 is 0 Å². The number of pyridine rings is 1. The molecule has 0 bridgehead atoms. The lowest BCUT2D eigenvalue weighted by molar-refractivity contribution is -0.130. The van der Waals surface area contributed by atoms with Crippen molar-refractivity contribution in [3.63, 3.8) is 0 Å². The van der Waals surface area contributed by atoms with Crippen molar-refractivity contribution in [2.45, 2.75) is 31.2 Å². The average molecular weight is 459 g/mol. The van der Waals surface area contributed by atoms with Crippen molar-refractivity contribution in [2.24, 2.45) is 0 Å². The Morgan fingerprint density at radius 3 is 2.66 bits per heavy atom. The maximum Gasteiger partial charge on any atom is 0.350 e. The van der Waals surface area contributed by atoms with Crippen molar-refractivity contribution in [1.82, 2.24) is 19.5 Å². The molecule has 4 rings (SSSR count). The molecular weight excluding hydrogens is 436 g/mol. The molecule has 29 heavy (non-hydrogen) atoms. The van der Waals surface area contributed by atoms with Crippen LogP contribution in [0.1, 0.15) is 24.8 Å². The molecule has 1 aromatic carbocycles. The maximum atomic E-state index is 13.2. The van der Waals surface area contributed by atoms with Crippen molar-refractivity contribution in [3.05, 3.63) is 69.2 Å². The number of ether oxygens (including phenoxy) is 1. The Kier molecular flexibility index (Phi) is 5.82. The van der Waals surface area contributed by atoms with Gasteiger partial charge in [0.1, 0.15) is 0 Å². The number of amides is 1. The lowest BCUT2D eigenvalue weighted by Crippen LogP contribution is -2.48. The fraction of sp³-hybridized carbons (Fsp3) is 0.381. The Hall–Kier alpha value is -2.45. The van der Waals surface area contributed by atoms with Crippen molar-refractivity contribution < 1.29 is 9.53 Å². The predicted molar refractivity (Wildman–Crippen MR) is 113 cm³/mol. The minimum atomic E-state index is -0.571. The van der Waals surface area contributed by atoms with Crippen LogP contribution < -0.4 is 11.0 Å². The van der Waals surface area contributed by atoms with Gasteiger partial charge in [0.2, 0.25) is 5.91 Å². The van der Waals surface area contributed by atoms with Crippen LogP contribution >= 0.6 is 15.9 Å². The zero-order valence-corrected chi connectivity index (χ0v) is 17.6. The zero-order chi connectivity index (χ0) is 20.3. The maximum absolute atomic E-state index is 13.2. The molecule has 0 aliphatic carbocycles. The number of benzene rings is 1. The second-order valence-electron chi connectivity index (χ2n) is 7.25. The molecule has 0 unspecified atom stereocenters. The molecule has 3 heterocycles. The lowest BCUT2D eigenvalue weighted by Gasteiger charge is -2.36. The first-order valence-corrected chi connectivity index (χ1v) is 10.6. The van der Waals surface area contributed by atoms with Crippen LogP contribution in [0.4, 0.5) is 0 Å². The van der Waals surface area contributed by atoms with Crippen molar-refractivity contribution in [2.75, 3.05) is 19.8 Å². The van der Waals surface area contributed by atoms with Gasteiger partial charge in [-0.2, -0.15) is 0 Å². The molecule has 1 saturated heterocycles. The zero-order valence-electron chi connectivity index (χ0n) is 16.0. The summed E-state index contributed by atoms with van der Waals surface area (Å²) in [6.07, 6.45) is 3.65. The van der Waals surface area contributed by atoms with Gasteiger partial charge in [0.25, 0.3) is 0 Å². The summed E-state index contributed by atoms with van der Waals surface area (Å²) in [6.45, 7) is 2.08. The third kappa shape index (κ3) is 4.00. The van der Waals surface area contributed by atoms with Gasteiger partial charge in [-0.15, -0.1) is 5.10 Å². The lowest BCUT2D eigenvalue weighted by atomic mass is 9.73. The highest BCUT2D eigenvalue weighted by molar-refractivity contribution is 9.10. The molecule has 1 fully saturated rings. The predicted octanol–water partition coefficient (Wildman–Crippen LogP) is 2.51. The van der Waals surface area contributed by atoms with Crippen LogP contribution in [0, 0.1) is 0 Å². The summed E-state index contributed by atoms with van der Waals surface area (Å²) in [5.41, 5.74) is 0.900. The standard InChI is InChI=1S/C21H23BrN4O3/c22-17-7-5-16(6-8-17)21(9-14-29-15-10-21)19(27)23-11-3-13-26-20(28)25-12-2-1-4-18(25)24-26/h1-2,4-8,12H,3,9-11,13-15H2,(H,23,27). The van der Waals surface area contributed by atoms with Crippen LogP contribution in [0.3, 0.4) is 0 Å². The number of hydrogen-bond donors (Lipinski definition) is 1. The van der Waals surface area contributed by atoms with E-state index in [0.717, 1.165) is 10.0 Å². The van der Waals surface area contributed by atoms with Crippen molar-refractivity contribution in [1.29, 1.82) is 0 Å². The van der Waals surface area contributed by atoms with Gasteiger partial charge in [-0.3, -0.25) is 9.20 Å². The molecule has 1 aliphatic rings. The summed E-state index contributed by atoms with van der Waals surface area (Å²) in [4.78, 5) is 25.5. The van der Waals surface area contributed by atoms with Crippen LogP contribution in [-0.2, 0) is 21.5 Å². The number of nitrogens with one attached hydrogen (secondary N) is 1. The third-order valence-electron chi connectivity index (χ3n) is 5.50. The molecule has 2 aromatic heterocycles. The van der Waals surface area contributed by atoms with Crippen LogP contribution in [-0.4, -0.2) is 39.8 Å². The van der Waals surface area contributed by atoms with Gasteiger partial charge in [0, 0.05) is 37.0 Å². The van der Waals surface area contributed by atoms with Crippen LogP contribution in [0.15, 0.2) is 57.9 Å². The number of rotatable bonds is 6. The normalized spacial score (nSPS) is 16.0. The number of fused-ring (bicyclic) bond motifs is 1. The fourth-order valence-electron chi connectivity index (χ4n) is 3.85. The first-order valence-electron chi connectivity index (χ1n) is 9.76. The molecule has 8 heteroatoms. The van der Waals surface area contributed by atoms with Gasteiger partial charge in [0.05, 0.1) is 5.41 Å². The summed E-state index contributed by atoms with van der Waals surface area (Å²) in [7, 11) is 0. The van der Waals surface area contributed by atoms with Gasteiger partial charge < -0.3 is 10.1 Å². The Bertz CT molecular complexity index is 1050. The van der Waals surface area contributed by atoms with E-state index in [1.165, 1.54) is 9.08 Å². The van der Waals surface area contributed by atoms with Crippen LogP contribution in [0.5, 0.6) is 0 Å². The Balaban J connectivity index is 1.41. The van der Waals surface area contributed by atoms with E-state index in [4.69, 9.17) is 4.74 Å². The summed E-state index contributed by atoms with van der Waals surface area (Å²) in [5.74, 6) is 0.0190. The van der Waals surface area contributed by atoms with E-state index in [9.17, 15) is 9.59 Å². The highest BCUT2D eigenvalue weighted by Crippen LogP contribution is 2.35. The quantitative estimate of drug-likeness (QED) is 0.575. The molecule has 1 N–H and O–H groups in total. The molecule has 1 aliphatic heterocycles. The molecule has 0 atom stereocenters. The molecular formula is C21H23BrN4O3. The number of halogens is 1. The van der Waals surface area contributed by atoms with E-state index in [1.54, 1.807) is 18.3 Å². The number of aryl methyl sites for hydroxylation is 1. The van der Waals surface area contributed by atoms with Gasteiger partial charge in [0.15, 0.2) is 5.65 Å². The van der Waals surface area contributed by atoms with Crippen LogP contribution in [0.25, 0.3) is 5.65 Å². The highest BCUT2D eigenvalue weighted by Gasteiger charge is 2.41. The smallest absolute Gasteiger partial charge is 0.350 e. The number of carbonyl (C=O) groups is 1. The summed E-state index contributed by atoms with van der Waals surface area (Å²) in [6, 6.07) is 13.4. The highest BCUT2D eigenvalue weighted by atomic mass is 79.9. The van der Waals surface area contributed by atoms with E-state index in [-0.39, 0.29) is 11.6 Å². The van der Waals surface area contributed by atoms with E-state index in [1.807, 2.05) is 30.3 Å². The Morgan fingerprint density at radius 1 is 1.17 bits per heavy atom. The SMILES string of the molecule is O=C(NCCCn1nc2ccccn2c1=O)C1(c2ccc(Br)cc2)CCOCC1. The summed E-state index contributed by atoms with van der Waals surface area (Å²) in [5, 5.41) is 7.40. The monoisotopic (exact) mass is 458 g/mol. The molecule has 152 valence electrons. The van der Waals surface area contributed by atoms with E-state index in [0.29, 0.717) is 51.2 Å². The molecule has 0 radical (unpaired) electrons. The number of nitrogens with zero attached hydrogens (tertiary/aromatic N) is 3. The molecule has 0 spiro atoms. The largest absolute Gasteiger partial charge is 0.381 e. The van der Waals surface area contributed by atoms with Crippen molar-refractivity contribution >= 4 is 27.5 Å². The molecule has 0 saturated carbocycles.